The third-order valence-corrected chi connectivity index (χ3v) is 5.01. The Balaban J connectivity index is 1.87. The SMILES string of the molecule is C=C1CO[C@@H](c2ccc(C)cc2)[C@@]1(C#N)CCc1ccc(C)cc1. The first kappa shape index (κ1) is 16.5. The second-order valence-corrected chi connectivity index (χ2v) is 6.77. The van der Waals surface area contributed by atoms with Gasteiger partial charge in [0.15, 0.2) is 0 Å². The molecule has 0 radical (unpaired) electrons. The summed E-state index contributed by atoms with van der Waals surface area (Å²) in [6.07, 6.45) is 1.34. The van der Waals surface area contributed by atoms with Crippen molar-refractivity contribution in [3.63, 3.8) is 0 Å². The van der Waals surface area contributed by atoms with Gasteiger partial charge in [0.25, 0.3) is 0 Å². The van der Waals surface area contributed by atoms with Crippen molar-refractivity contribution in [2.45, 2.75) is 32.8 Å². The molecule has 24 heavy (non-hydrogen) atoms. The number of rotatable bonds is 4. The normalized spacial score (nSPS) is 23.2. The van der Waals surface area contributed by atoms with E-state index in [0.717, 1.165) is 24.0 Å². The maximum atomic E-state index is 10.0. The maximum Gasteiger partial charge on any atom is 0.111 e. The second-order valence-electron chi connectivity index (χ2n) is 6.77. The molecule has 0 bridgehead atoms. The van der Waals surface area contributed by atoms with Gasteiger partial charge in [-0.25, -0.2) is 0 Å². The zero-order chi connectivity index (χ0) is 17.2. The van der Waals surface area contributed by atoms with E-state index in [1.165, 1.54) is 16.7 Å². The Hall–Kier alpha value is -2.37. The van der Waals surface area contributed by atoms with Crippen LogP contribution in [0.25, 0.3) is 0 Å². The van der Waals surface area contributed by atoms with Crippen LogP contribution in [-0.2, 0) is 11.2 Å². The van der Waals surface area contributed by atoms with Gasteiger partial charge in [-0.05, 0) is 43.4 Å². The van der Waals surface area contributed by atoms with E-state index in [9.17, 15) is 5.26 Å². The van der Waals surface area contributed by atoms with E-state index >= 15 is 0 Å². The number of hydrogen-bond acceptors (Lipinski definition) is 2. The Kier molecular flexibility index (Phi) is 4.55. The van der Waals surface area contributed by atoms with Gasteiger partial charge in [0.2, 0.25) is 0 Å². The number of aryl methyl sites for hydroxylation is 3. The summed E-state index contributed by atoms with van der Waals surface area (Å²) in [5, 5.41) is 10.0. The van der Waals surface area contributed by atoms with Crippen LogP contribution in [0.1, 0.15) is 34.8 Å². The van der Waals surface area contributed by atoms with Gasteiger partial charge in [-0.1, -0.05) is 66.2 Å². The molecule has 0 aromatic heterocycles. The summed E-state index contributed by atoms with van der Waals surface area (Å²) >= 11 is 0. The molecule has 0 amide bonds. The molecule has 2 nitrogen and oxygen atoms in total. The molecule has 0 aliphatic carbocycles. The minimum atomic E-state index is -0.653. The average molecular weight is 317 g/mol. The molecule has 1 aliphatic heterocycles. The van der Waals surface area contributed by atoms with E-state index in [1.54, 1.807) is 0 Å². The first-order chi connectivity index (χ1) is 11.5. The largest absolute Gasteiger partial charge is 0.367 e. The minimum Gasteiger partial charge on any atom is -0.367 e. The molecule has 0 saturated carbocycles. The van der Waals surface area contributed by atoms with Crippen LogP contribution in [0, 0.1) is 30.6 Å². The van der Waals surface area contributed by atoms with E-state index in [0.29, 0.717) is 6.61 Å². The highest BCUT2D eigenvalue weighted by Gasteiger charge is 2.48. The molecule has 0 N–H and O–H groups in total. The van der Waals surface area contributed by atoms with Crippen LogP contribution in [0.3, 0.4) is 0 Å². The molecular formula is C22H23NO. The number of nitriles is 1. The summed E-state index contributed by atoms with van der Waals surface area (Å²) in [7, 11) is 0. The Labute approximate surface area is 144 Å². The third-order valence-electron chi connectivity index (χ3n) is 5.01. The van der Waals surface area contributed by atoms with Crippen LogP contribution < -0.4 is 0 Å². The van der Waals surface area contributed by atoms with Gasteiger partial charge in [-0.2, -0.15) is 5.26 Å². The summed E-state index contributed by atoms with van der Waals surface area (Å²) in [6.45, 7) is 8.76. The van der Waals surface area contributed by atoms with Crippen LogP contribution in [0.4, 0.5) is 0 Å². The van der Waals surface area contributed by atoms with Gasteiger partial charge in [-0.3, -0.25) is 0 Å². The summed E-state index contributed by atoms with van der Waals surface area (Å²) in [4.78, 5) is 0. The molecule has 0 unspecified atom stereocenters. The molecule has 1 aliphatic rings. The fraction of sp³-hybridized carbons (Fsp3) is 0.318. The lowest BCUT2D eigenvalue weighted by atomic mass is 9.72. The molecule has 2 aromatic rings. The minimum absolute atomic E-state index is 0.235. The predicted molar refractivity (Wildman–Crippen MR) is 96.6 cm³/mol. The van der Waals surface area contributed by atoms with E-state index in [-0.39, 0.29) is 6.10 Å². The first-order valence-corrected chi connectivity index (χ1v) is 8.38. The standard InChI is InChI=1S/C22H23NO/c1-16-4-8-19(9-5-16)12-13-22(15-23)18(3)14-24-21(22)20-10-6-17(2)7-11-20/h4-11,21H,3,12-14H2,1-2H3/t21-,22+/m0/s1. The molecule has 1 heterocycles. The zero-order valence-electron chi connectivity index (χ0n) is 14.4. The molecule has 1 fully saturated rings. The molecule has 3 rings (SSSR count). The number of nitrogens with zero attached hydrogens (tertiary/aromatic N) is 1. The van der Waals surface area contributed by atoms with Crippen molar-refractivity contribution >= 4 is 0 Å². The van der Waals surface area contributed by atoms with E-state index in [2.05, 4.69) is 75.0 Å². The lowest BCUT2D eigenvalue weighted by Gasteiger charge is -2.28. The van der Waals surface area contributed by atoms with Crippen molar-refractivity contribution in [3.05, 3.63) is 82.9 Å². The van der Waals surface area contributed by atoms with Crippen LogP contribution in [0.5, 0.6) is 0 Å². The summed E-state index contributed by atoms with van der Waals surface area (Å²) in [5.74, 6) is 0. The summed E-state index contributed by atoms with van der Waals surface area (Å²) in [6, 6.07) is 19.3. The van der Waals surface area contributed by atoms with Crippen molar-refractivity contribution < 1.29 is 4.74 Å². The Bertz CT molecular complexity index is 767. The van der Waals surface area contributed by atoms with Gasteiger partial charge >= 0.3 is 0 Å². The van der Waals surface area contributed by atoms with Gasteiger partial charge in [0.1, 0.15) is 11.5 Å². The topological polar surface area (TPSA) is 33.0 Å². The highest BCUT2D eigenvalue weighted by atomic mass is 16.5. The fourth-order valence-electron chi connectivity index (χ4n) is 3.36. The monoisotopic (exact) mass is 317 g/mol. The Morgan fingerprint density at radius 2 is 1.67 bits per heavy atom. The lowest BCUT2D eigenvalue weighted by Crippen LogP contribution is -2.25. The number of ether oxygens (including phenoxy) is 1. The van der Waals surface area contributed by atoms with Crippen molar-refractivity contribution in [2.24, 2.45) is 5.41 Å². The maximum absolute atomic E-state index is 10.0. The Morgan fingerprint density at radius 1 is 1.08 bits per heavy atom. The molecule has 122 valence electrons. The van der Waals surface area contributed by atoms with Gasteiger partial charge in [0.05, 0.1) is 12.7 Å². The molecule has 1 saturated heterocycles. The molecular weight excluding hydrogens is 294 g/mol. The number of hydrogen-bond donors (Lipinski definition) is 0. The zero-order valence-corrected chi connectivity index (χ0v) is 14.4. The van der Waals surface area contributed by atoms with E-state index < -0.39 is 5.41 Å². The highest BCUT2D eigenvalue weighted by Crippen LogP contribution is 2.50. The van der Waals surface area contributed by atoms with Crippen molar-refractivity contribution in [2.75, 3.05) is 6.61 Å². The van der Waals surface area contributed by atoms with Crippen LogP contribution in [0.15, 0.2) is 60.7 Å². The van der Waals surface area contributed by atoms with Crippen molar-refractivity contribution in [3.8, 4) is 6.07 Å². The molecule has 2 atom stereocenters. The van der Waals surface area contributed by atoms with Crippen molar-refractivity contribution in [1.29, 1.82) is 5.26 Å². The van der Waals surface area contributed by atoms with Gasteiger partial charge < -0.3 is 4.74 Å². The lowest BCUT2D eigenvalue weighted by molar-refractivity contribution is 0.0675. The van der Waals surface area contributed by atoms with Crippen LogP contribution in [-0.4, -0.2) is 6.61 Å². The first-order valence-electron chi connectivity index (χ1n) is 8.38. The Morgan fingerprint density at radius 3 is 2.25 bits per heavy atom. The fourth-order valence-corrected chi connectivity index (χ4v) is 3.36. The molecule has 0 spiro atoms. The quantitative estimate of drug-likeness (QED) is 0.737. The van der Waals surface area contributed by atoms with Gasteiger partial charge in [-0.15, -0.1) is 0 Å². The van der Waals surface area contributed by atoms with Crippen molar-refractivity contribution in [1.82, 2.24) is 0 Å². The second kappa shape index (κ2) is 6.63. The third kappa shape index (κ3) is 3.00. The smallest absolute Gasteiger partial charge is 0.111 e. The highest BCUT2D eigenvalue weighted by molar-refractivity contribution is 5.36. The summed E-state index contributed by atoms with van der Waals surface area (Å²) in [5.41, 5.74) is 5.00. The summed E-state index contributed by atoms with van der Waals surface area (Å²) < 4.78 is 5.98. The predicted octanol–water partition coefficient (Wildman–Crippen LogP) is 5.07. The average Bonchev–Trinajstić information content (AvgIpc) is 2.92. The van der Waals surface area contributed by atoms with E-state index in [4.69, 9.17) is 4.74 Å². The number of benzene rings is 2. The van der Waals surface area contributed by atoms with Crippen LogP contribution in [0.2, 0.25) is 0 Å². The molecule has 2 heteroatoms. The van der Waals surface area contributed by atoms with E-state index in [1.807, 2.05) is 0 Å². The van der Waals surface area contributed by atoms with Crippen LogP contribution >= 0.6 is 0 Å². The van der Waals surface area contributed by atoms with Gasteiger partial charge in [0, 0.05) is 0 Å². The molecule has 2 aromatic carbocycles.